The first-order chi connectivity index (χ1) is 35.0. The Kier molecular flexibility index (Phi) is 8.33. The maximum atomic E-state index is 12.4. The average molecular weight is 903 g/mol. The first kappa shape index (κ1) is 39.7. The van der Waals surface area contributed by atoms with Crippen LogP contribution in [-0.4, -0.2) is 10.2 Å². The highest BCUT2D eigenvalue weighted by Gasteiger charge is 2.49. The molecule has 2 nitrogen and oxygen atoms in total. The quantitative estimate of drug-likeness (QED) is 0.173. The number of benzene rings is 14. The summed E-state index contributed by atoms with van der Waals surface area (Å²) >= 11 is 0. The van der Waals surface area contributed by atoms with Gasteiger partial charge in [0.05, 0.1) is 5.41 Å². The monoisotopic (exact) mass is 902 g/mol. The number of rotatable bonds is 4. The maximum absolute atomic E-state index is 12.4. The highest BCUT2D eigenvalue weighted by molar-refractivity contribution is 6.17. The van der Waals surface area contributed by atoms with Crippen molar-refractivity contribution in [3.63, 3.8) is 0 Å². The summed E-state index contributed by atoms with van der Waals surface area (Å²) in [5, 5.41) is 42.6. The Morgan fingerprint density at radius 2 is 0.563 bits per heavy atom. The summed E-state index contributed by atoms with van der Waals surface area (Å²) in [6.07, 6.45) is 0. The number of hydrogen-bond donors (Lipinski definition) is 2. The first-order valence-corrected chi connectivity index (χ1v) is 24.4. The van der Waals surface area contributed by atoms with E-state index in [4.69, 9.17) is 0 Å². The minimum atomic E-state index is -1.09. The Morgan fingerprint density at radius 3 is 0.986 bits per heavy atom. The van der Waals surface area contributed by atoms with E-state index in [-0.39, 0.29) is 11.5 Å². The molecule has 14 aromatic carbocycles. The lowest BCUT2D eigenvalue weighted by molar-refractivity contribution is 0.474. The molecule has 14 aromatic rings. The molecule has 0 radical (unpaired) electrons. The molecular weight excluding hydrogens is 861 g/mol. The van der Waals surface area contributed by atoms with Crippen LogP contribution in [0.25, 0.3) is 120 Å². The fraction of sp³-hybridized carbons (Fsp3) is 0.0145. The molecule has 1 aliphatic carbocycles. The van der Waals surface area contributed by atoms with Gasteiger partial charge in [-0.3, -0.25) is 0 Å². The second-order valence-electron chi connectivity index (χ2n) is 19.4. The van der Waals surface area contributed by atoms with Gasteiger partial charge in [0, 0.05) is 0 Å². The van der Waals surface area contributed by atoms with Crippen molar-refractivity contribution in [2.45, 2.75) is 5.41 Å². The molecule has 0 spiro atoms. The van der Waals surface area contributed by atoms with E-state index in [9.17, 15) is 10.2 Å². The van der Waals surface area contributed by atoms with Crippen molar-refractivity contribution in [3.8, 4) is 44.9 Å². The summed E-state index contributed by atoms with van der Waals surface area (Å²) in [4.78, 5) is 0. The zero-order valence-electron chi connectivity index (χ0n) is 38.5. The molecule has 71 heavy (non-hydrogen) atoms. The number of fused-ring (bicyclic) bond motifs is 15. The van der Waals surface area contributed by atoms with Crippen LogP contribution < -0.4 is 0 Å². The van der Waals surface area contributed by atoms with Crippen LogP contribution in [0.4, 0.5) is 0 Å². The molecule has 0 atom stereocenters. The van der Waals surface area contributed by atoms with Crippen molar-refractivity contribution in [1.82, 2.24) is 0 Å². The third-order valence-corrected chi connectivity index (χ3v) is 15.8. The summed E-state index contributed by atoms with van der Waals surface area (Å²) in [6.45, 7) is 0. The Morgan fingerprint density at radius 1 is 0.211 bits per heavy atom. The summed E-state index contributed by atoms with van der Waals surface area (Å²) in [6, 6.07) is 87.3. The minimum absolute atomic E-state index is 0.182. The number of phenolic OH excluding ortho intramolecular Hbond substituents is 2. The fourth-order valence-corrected chi connectivity index (χ4v) is 12.8. The molecule has 0 saturated heterocycles. The smallest absolute Gasteiger partial charge is 0.116 e. The van der Waals surface area contributed by atoms with Gasteiger partial charge in [-0.1, -0.05) is 194 Å². The van der Waals surface area contributed by atoms with Gasteiger partial charge in [-0.15, -0.1) is 0 Å². The van der Waals surface area contributed by atoms with Crippen LogP contribution in [0.3, 0.4) is 0 Å². The molecule has 2 heteroatoms. The summed E-state index contributed by atoms with van der Waals surface area (Å²) in [5.74, 6) is 0.364. The largest absolute Gasteiger partial charge is 0.508 e. The van der Waals surface area contributed by atoms with Gasteiger partial charge in [0.1, 0.15) is 11.5 Å². The maximum Gasteiger partial charge on any atom is 0.116 e. The summed E-state index contributed by atoms with van der Waals surface area (Å²) < 4.78 is 0. The van der Waals surface area contributed by atoms with E-state index in [0.717, 1.165) is 98.7 Å². The number of hydrogen-bond acceptors (Lipinski definition) is 2. The molecule has 0 amide bonds. The highest BCUT2D eigenvalue weighted by atomic mass is 16.3. The van der Waals surface area contributed by atoms with Gasteiger partial charge in [0.25, 0.3) is 0 Å². The Hall–Kier alpha value is -9.24. The standard InChI is InChI=1S/C69H42O2/c70-47-37-63-49-17-5-1-13-41(49)25-29-59(63)67(39-47)69(68-40-48(71)38-64-50-18-6-2-14-42(50)26-30-60(64)68)65-35-45(61-33-43-15-3-7-19-51(43)53-21-9-11-23-55(53)61)27-31-57(65)58-32-28-46(36-66(58)69)62-34-44-16-4-8-20-52(44)54-22-10-12-24-56(54)62/h1-40,70-71H. The Labute approximate surface area is 409 Å². The van der Waals surface area contributed by atoms with Crippen molar-refractivity contribution in [3.05, 3.63) is 265 Å². The molecule has 0 aliphatic heterocycles. The third-order valence-electron chi connectivity index (χ3n) is 15.8. The lowest BCUT2D eigenvalue weighted by atomic mass is 9.64. The van der Waals surface area contributed by atoms with E-state index in [1.54, 1.807) is 0 Å². The van der Waals surface area contributed by atoms with Crippen molar-refractivity contribution >= 4 is 86.2 Å². The topological polar surface area (TPSA) is 40.5 Å². The van der Waals surface area contributed by atoms with Gasteiger partial charge in [-0.25, -0.2) is 0 Å². The predicted molar refractivity (Wildman–Crippen MR) is 298 cm³/mol. The Bertz CT molecular complexity index is 4320. The van der Waals surface area contributed by atoms with Crippen LogP contribution >= 0.6 is 0 Å². The Balaban J connectivity index is 1.15. The van der Waals surface area contributed by atoms with E-state index in [1.165, 1.54) is 43.1 Å². The molecular formula is C69H42O2. The van der Waals surface area contributed by atoms with E-state index in [2.05, 4.69) is 218 Å². The van der Waals surface area contributed by atoms with Crippen LogP contribution in [0.2, 0.25) is 0 Å². The van der Waals surface area contributed by atoms with Gasteiger partial charge in [-0.2, -0.15) is 0 Å². The second-order valence-corrected chi connectivity index (χ2v) is 19.4. The van der Waals surface area contributed by atoms with Crippen LogP contribution in [0.15, 0.2) is 243 Å². The van der Waals surface area contributed by atoms with E-state index >= 15 is 0 Å². The van der Waals surface area contributed by atoms with Crippen LogP contribution in [0.1, 0.15) is 22.3 Å². The van der Waals surface area contributed by atoms with Gasteiger partial charge in [0.15, 0.2) is 0 Å². The number of phenols is 2. The minimum Gasteiger partial charge on any atom is -0.508 e. The van der Waals surface area contributed by atoms with Gasteiger partial charge < -0.3 is 10.2 Å². The molecule has 15 rings (SSSR count). The number of aromatic hydroxyl groups is 2. The van der Waals surface area contributed by atoms with Crippen molar-refractivity contribution < 1.29 is 10.2 Å². The molecule has 2 N–H and O–H groups in total. The van der Waals surface area contributed by atoms with E-state index in [0.29, 0.717) is 0 Å². The molecule has 0 bridgehead atoms. The van der Waals surface area contributed by atoms with Gasteiger partial charge >= 0.3 is 0 Å². The summed E-state index contributed by atoms with van der Waals surface area (Å²) in [5.41, 5.74) is 9.67. The average Bonchev–Trinajstić information content (AvgIpc) is 3.71. The fourth-order valence-electron chi connectivity index (χ4n) is 12.8. The lowest BCUT2D eigenvalue weighted by Crippen LogP contribution is -2.29. The predicted octanol–water partition coefficient (Wildman–Crippen LogP) is 18.0. The van der Waals surface area contributed by atoms with Crippen LogP contribution in [0.5, 0.6) is 11.5 Å². The molecule has 0 unspecified atom stereocenters. The van der Waals surface area contributed by atoms with Crippen molar-refractivity contribution in [2.75, 3.05) is 0 Å². The van der Waals surface area contributed by atoms with Crippen LogP contribution in [0, 0.1) is 0 Å². The van der Waals surface area contributed by atoms with Gasteiger partial charge in [-0.05, 0) is 190 Å². The third kappa shape index (κ3) is 5.65. The molecule has 0 aromatic heterocycles. The SMILES string of the molecule is Oc1cc(C2(c3cc(O)cc4c3ccc3ccccc34)c3cc(-c4cc5ccccc5c5ccccc45)ccc3-c3ccc(-c4cc5ccccc5c5ccccc45)cc32)c2ccc3ccccc3c2c1. The van der Waals surface area contributed by atoms with Crippen LogP contribution in [-0.2, 0) is 5.41 Å². The lowest BCUT2D eigenvalue weighted by Gasteiger charge is -2.36. The van der Waals surface area contributed by atoms with Gasteiger partial charge in [0.2, 0.25) is 0 Å². The molecule has 1 aliphatic rings. The second kappa shape index (κ2) is 14.9. The van der Waals surface area contributed by atoms with E-state index in [1.807, 2.05) is 24.3 Å². The first-order valence-electron chi connectivity index (χ1n) is 24.4. The summed E-state index contributed by atoms with van der Waals surface area (Å²) in [7, 11) is 0. The molecule has 0 fully saturated rings. The zero-order chi connectivity index (χ0) is 47.0. The highest BCUT2D eigenvalue weighted by Crippen LogP contribution is 2.61. The van der Waals surface area contributed by atoms with Crippen molar-refractivity contribution in [2.24, 2.45) is 0 Å². The normalized spacial score (nSPS) is 13.0. The molecule has 0 heterocycles. The van der Waals surface area contributed by atoms with E-state index < -0.39 is 5.41 Å². The molecule has 330 valence electrons. The molecule has 0 saturated carbocycles. The zero-order valence-corrected chi connectivity index (χ0v) is 38.5. The van der Waals surface area contributed by atoms with Crippen molar-refractivity contribution in [1.29, 1.82) is 0 Å².